The Morgan fingerprint density at radius 3 is 1.59 bits per heavy atom. The van der Waals surface area contributed by atoms with Gasteiger partial charge in [-0.3, -0.25) is 0 Å². The number of rotatable bonds is 4. The Morgan fingerprint density at radius 2 is 1.18 bits per heavy atom. The fourth-order valence-corrected chi connectivity index (χ4v) is 5.26. The van der Waals surface area contributed by atoms with E-state index < -0.39 is 11.7 Å². The summed E-state index contributed by atoms with van der Waals surface area (Å²) in [4.78, 5) is 0. The monoisotopic (exact) mass is 302 g/mol. The van der Waals surface area contributed by atoms with Crippen LogP contribution in [0.1, 0.15) is 69.8 Å². The minimum absolute atomic E-state index is 0.409. The summed E-state index contributed by atoms with van der Waals surface area (Å²) in [6, 6.07) is 10.4. The van der Waals surface area contributed by atoms with Gasteiger partial charge in [0.2, 0.25) is 0 Å². The molecule has 0 amide bonds. The van der Waals surface area contributed by atoms with Gasteiger partial charge in [-0.15, -0.1) is 0 Å². The standard InChI is InChI=1S/C20H30O2/c21-19(22)20(16-10-4-1-5-11-16,17-12-6-2-7-13-17)18-14-8-3-9-15-18/h1,4-5,10-11,17-19,21-22H,2-3,6-9,12-15H2. The second-order valence-electron chi connectivity index (χ2n) is 7.34. The van der Waals surface area contributed by atoms with E-state index in [0.717, 1.165) is 31.2 Å². The first kappa shape index (κ1) is 16.0. The first-order valence-corrected chi connectivity index (χ1v) is 9.18. The van der Waals surface area contributed by atoms with Crippen LogP contribution in [-0.4, -0.2) is 16.5 Å². The van der Waals surface area contributed by atoms with Gasteiger partial charge >= 0.3 is 0 Å². The molecule has 1 aromatic carbocycles. The largest absolute Gasteiger partial charge is 0.367 e. The van der Waals surface area contributed by atoms with Gasteiger partial charge in [-0.1, -0.05) is 68.9 Å². The average Bonchev–Trinajstić information content (AvgIpc) is 2.58. The van der Waals surface area contributed by atoms with Crippen molar-refractivity contribution in [2.45, 2.75) is 75.9 Å². The molecule has 0 atom stereocenters. The highest BCUT2D eigenvalue weighted by Crippen LogP contribution is 2.52. The molecule has 2 aliphatic carbocycles. The number of aliphatic hydroxyl groups excluding tert-OH is 1. The summed E-state index contributed by atoms with van der Waals surface area (Å²) in [6.07, 6.45) is 10.9. The number of hydrogen-bond donors (Lipinski definition) is 2. The zero-order valence-electron chi connectivity index (χ0n) is 13.6. The lowest BCUT2D eigenvalue weighted by molar-refractivity contribution is -0.150. The van der Waals surface area contributed by atoms with Crippen molar-refractivity contribution in [3.05, 3.63) is 35.9 Å². The van der Waals surface area contributed by atoms with Gasteiger partial charge in [0, 0.05) is 0 Å². The van der Waals surface area contributed by atoms with Gasteiger partial charge in [0.15, 0.2) is 6.29 Å². The van der Waals surface area contributed by atoms with Gasteiger partial charge in [0.05, 0.1) is 5.41 Å². The molecule has 1 aromatic rings. The van der Waals surface area contributed by atoms with Crippen LogP contribution in [0.5, 0.6) is 0 Å². The molecule has 0 aliphatic heterocycles. The van der Waals surface area contributed by atoms with E-state index in [0.29, 0.717) is 11.8 Å². The Balaban J connectivity index is 2.04. The van der Waals surface area contributed by atoms with Crippen molar-refractivity contribution in [2.24, 2.45) is 11.8 Å². The molecule has 22 heavy (non-hydrogen) atoms. The Morgan fingerprint density at radius 1 is 0.727 bits per heavy atom. The van der Waals surface area contributed by atoms with E-state index in [1.54, 1.807) is 0 Å². The molecular weight excluding hydrogens is 272 g/mol. The van der Waals surface area contributed by atoms with E-state index in [1.807, 2.05) is 6.07 Å². The molecule has 3 rings (SSSR count). The van der Waals surface area contributed by atoms with E-state index in [-0.39, 0.29) is 0 Å². The first-order valence-electron chi connectivity index (χ1n) is 9.18. The van der Waals surface area contributed by atoms with Crippen molar-refractivity contribution in [3.8, 4) is 0 Å². The molecule has 122 valence electrons. The maximum Gasteiger partial charge on any atom is 0.161 e. The topological polar surface area (TPSA) is 40.5 Å². The molecule has 2 fully saturated rings. The Bertz CT molecular complexity index is 424. The molecule has 2 aliphatic rings. The second kappa shape index (κ2) is 7.14. The van der Waals surface area contributed by atoms with Crippen LogP contribution in [0, 0.1) is 11.8 Å². The van der Waals surface area contributed by atoms with Crippen molar-refractivity contribution >= 4 is 0 Å². The lowest BCUT2D eigenvalue weighted by Crippen LogP contribution is -2.52. The van der Waals surface area contributed by atoms with Crippen molar-refractivity contribution in [1.82, 2.24) is 0 Å². The van der Waals surface area contributed by atoms with E-state index in [2.05, 4.69) is 24.3 Å². The fourth-order valence-electron chi connectivity index (χ4n) is 5.26. The maximum absolute atomic E-state index is 10.6. The predicted octanol–water partition coefficient (Wildman–Crippen LogP) is 4.40. The molecule has 2 N–H and O–H groups in total. The first-order chi connectivity index (χ1) is 10.8. The van der Waals surface area contributed by atoms with E-state index >= 15 is 0 Å². The number of aliphatic hydroxyl groups is 2. The summed E-state index contributed by atoms with van der Waals surface area (Å²) in [5, 5.41) is 21.2. The van der Waals surface area contributed by atoms with Crippen LogP contribution in [-0.2, 0) is 5.41 Å². The molecule has 0 aromatic heterocycles. The number of hydrogen-bond acceptors (Lipinski definition) is 2. The van der Waals surface area contributed by atoms with E-state index in [9.17, 15) is 10.2 Å². The third-order valence-electron chi connectivity index (χ3n) is 6.26. The maximum atomic E-state index is 10.6. The van der Waals surface area contributed by atoms with Crippen LogP contribution in [0.15, 0.2) is 30.3 Å². The normalized spacial score (nSPS) is 22.1. The molecule has 0 radical (unpaired) electrons. The van der Waals surface area contributed by atoms with Gasteiger partial charge in [0.25, 0.3) is 0 Å². The molecule has 0 heterocycles. The summed E-state index contributed by atoms with van der Waals surface area (Å²) in [7, 11) is 0. The predicted molar refractivity (Wildman–Crippen MR) is 89.5 cm³/mol. The lowest BCUT2D eigenvalue weighted by Gasteiger charge is -2.50. The smallest absolute Gasteiger partial charge is 0.161 e. The third kappa shape index (κ3) is 2.83. The van der Waals surface area contributed by atoms with Gasteiger partial charge in [0.1, 0.15) is 0 Å². The minimum Gasteiger partial charge on any atom is -0.367 e. The molecule has 0 saturated heterocycles. The molecule has 2 saturated carbocycles. The Hall–Kier alpha value is -0.860. The summed E-state index contributed by atoms with van der Waals surface area (Å²) in [6.45, 7) is 0. The SMILES string of the molecule is OC(O)C(c1ccccc1)(C1CCCCC1)C1CCCCC1. The number of benzene rings is 1. The Labute approximate surface area is 134 Å². The molecule has 0 bridgehead atoms. The average molecular weight is 302 g/mol. The van der Waals surface area contributed by atoms with Crippen LogP contribution >= 0.6 is 0 Å². The van der Waals surface area contributed by atoms with Gasteiger partial charge in [-0.05, 0) is 43.1 Å². The zero-order chi connectivity index (χ0) is 15.4. The van der Waals surface area contributed by atoms with Crippen molar-refractivity contribution in [1.29, 1.82) is 0 Å². The minimum atomic E-state index is -1.25. The molecular formula is C20H30O2. The summed E-state index contributed by atoms with van der Waals surface area (Å²) < 4.78 is 0. The lowest BCUT2D eigenvalue weighted by atomic mass is 9.55. The summed E-state index contributed by atoms with van der Waals surface area (Å²) in [5.74, 6) is 0.818. The molecule has 0 spiro atoms. The van der Waals surface area contributed by atoms with Crippen molar-refractivity contribution < 1.29 is 10.2 Å². The molecule has 0 unspecified atom stereocenters. The third-order valence-corrected chi connectivity index (χ3v) is 6.26. The van der Waals surface area contributed by atoms with Crippen LogP contribution in [0.4, 0.5) is 0 Å². The van der Waals surface area contributed by atoms with Crippen LogP contribution in [0.3, 0.4) is 0 Å². The van der Waals surface area contributed by atoms with Crippen LogP contribution in [0.25, 0.3) is 0 Å². The molecule has 2 nitrogen and oxygen atoms in total. The highest BCUT2D eigenvalue weighted by atomic mass is 16.5. The second-order valence-corrected chi connectivity index (χ2v) is 7.34. The summed E-state index contributed by atoms with van der Waals surface area (Å²) >= 11 is 0. The highest BCUT2D eigenvalue weighted by Gasteiger charge is 2.51. The van der Waals surface area contributed by atoms with E-state index in [4.69, 9.17) is 0 Å². The fraction of sp³-hybridized carbons (Fsp3) is 0.700. The van der Waals surface area contributed by atoms with Crippen molar-refractivity contribution in [3.63, 3.8) is 0 Å². The Kier molecular flexibility index (Phi) is 5.20. The van der Waals surface area contributed by atoms with Crippen LogP contribution < -0.4 is 0 Å². The van der Waals surface area contributed by atoms with E-state index in [1.165, 1.54) is 38.5 Å². The van der Waals surface area contributed by atoms with Crippen LogP contribution in [0.2, 0.25) is 0 Å². The highest BCUT2D eigenvalue weighted by molar-refractivity contribution is 5.29. The van der Waals surface area contributed by atoms with Gasteiger partial charge < -0.3 is 10.2 Å². The van der Waals surface area contributed by atoms with Gasteiger partial charge in [-0.25, -0.2) is 0 Å². The summed E-state index contributed by atoms with van der Waals surface area (Å²) in [5.41, 5.74) is 0.700. The van der Waals surface area contributed by atoms with Crippen molar-refractivity contribution in [2.75, 3.05) is 0 Å². The quantitative estimate of drug-likeness (QED) is 0.810. The van der Waals surface area contributed by atoms with Gasteiger partial charge in [-0.2, -0.15) is 0 Å². The zero-order valence-corrected chi connectivity index (χ0v) is 13.6. The molecule has 2 heteroatoms.